The molecule has 0 radical (unpaired) electrons. The molecule has 0 saturated heterocycles. The Labute approximate surface area is 202 Å². The van der Waals surface area contributed by atoms with E-state index >= 15 is 0 Å². The quantitative estimate of drug-likeness (QED) is 0.413. The molecule has 0 aliphatic carbocycles. The van der Waals surface area contributed by atoms with E-state index in [1.165, 1.54) is 50.4 Å². The van der Waals surface area contributed by atoms with Gasteiger partial charge in [0.1, 0.15) is 0 Å². The molecule has 0 bridgehead atoms. The van der Waals surface area contributed by atoms with Crippen molar-refractivity contribution >= 4 is 17.0 Å². The zero-order valence-corrected chi connectivity index (χ0v) is 19.6. The van der Waals surface area contributed by atoms with Crippen molar-refractivity contribution in [2.45, 2.75) is 19.9 Å². The Bertz CT molecular complexity index is 1390. The lowest BCUT2D eigenvalue weighted by Crippen LogP contribution is -2.31. The van der Waals surface area contributed by atoms with Gasteiger partial charge in [-0.3, -0.25) is 0 Å². The molecule has 0 N–H and O–H groups in total. The molecule has 34 heavy (non-hydrogen) atoms. The largest absolute Gasteiger partial charge is 0.342 e. The lowest BCUT2D eigenvalue weighted by molar-refractivity contribution is 0.442. The lowest BCUT2D eigenvalue weighted by atomic mass is 9.89. The minimum absolute atomic E-state index is 0.126. The maximum absolute atomic E-state index is 2.46. The average Bonchev–Trinajstić information content (AvgIpc) is 2.89. The number of hydrogen-bond donors (Lipinski definition) is 0. The Balaban J connectivity index is 1.54. The molecule has 0 aromatic heterocycles. The van der Waals surface area contributed by atoms with Crippen LogP contribution in [0.25, 0.3) is 17.0 Å². The molecule has 2 heteroatoms. The van der Waals surface area contributed by atoms with Gasteiger partial charge in [0, 0.05) is 41.3 Å². The van der Waals surface area contributed by atoms with E-state index in [2.05, 4.69) is 139 Å². The number of hydrogen-bond acceptors (Lipinski definition) is 2. The van der Waals surface area contributed by atoms with E-state index in [1.807, 2.05) is 0 Å². The SMILES string of the molecule is CC1=CCN2C=C(N3C=C(c4ccccc4)C(C)=CC3c3ccccc3)c3ccccc3C2=C1. The van der Waals surface area contributed by atoms with E-state index in [4.69, 9.17) is 0 Å². The molecule has 3 aliphatic heterocycles. The molecule has 3 heterocycles. The van der Waals surface area contributed by atoms with Gasteiger partial charge in [0.25, 0.3) is 0 Å². The van der Waals surface area contributed by atoms with Crippen molar-refractivity contribution in [1.82, 2.24) is 9.80 Å². The summed E-state index contributed by atoms with van der Waals surface area (Å²) >= 11 is 0. The summed E-state index contributed by atoms with van der Waals surface area (Å²) in [5, 5.41) is 0. The second-order valence-electron chi connectivity index (χ2n) is 9.21. The highest BCUT2D eigenvalue weighted by molar-refractivity contribution is 5.87. The smallest absolute Gasteiger partial charge is 0.0776 e. The third-order valence-electron chi connectivity index (χ3n) is 6.95. The first-order valence-electron chi connectivity index (χ1n) is 11.9. The van der Waals surface area contributed by atoms with E-state index in [-0.39, 0.29) is 6.04 Å². The highest BCUT2D eigenvalue weighted by Gasteiger charge is 2.31. The van der Waals surface area contributed by atoms with Crippen LogP contribution in [0.5, 0.6) is 0 Å². The van der Waals surface area contributed by atoms with Crippen molar-refractivity contribution in [2.24, 2.45) is 0 Å². The van der Waals surface area contributed by atoms with Crippen LogP contribution in [0.15, 0.2) is 127 Å². The first-order chi connectivity index (χ1) is 16.7. The monoisotopic (exact) mass is 440 g/mol. The molecule has 0 spiro atoms. The molecule has 2 nitrogen and oxygen atoms in total. The third kappa shape index (κ3) is 3.52. The molecule has 1 unspecified atom stereocenters. The molecule has 1 atom stereocenters. The lowest BCUT2D eigenvalue weighted by Gasteiger charge is -2.41. The van der Waals surface area contributed by atoms with Crippen LogP contribution in [0.3, 0.4) is 0 Å². The molecule has 3 aromatic carbocycles. The molecule has 3 aliphatic rings. The van der Waals surface area contributed by atoms with E-state index in [0.29, 0.717) is 0 Å². The minimum atomic E-state index is 0.126. The van der Waals surface area contributed by atoms with Crippen LogP contribution >= 0.6 is 0 Å². The molecular formula is C32H28N2. The second-order valence-corrected chi connectivity index (χ2v) is 9.21. The number of allylic oxidation sites excluding steroid dienone is 4. The van der Waals surface area contributed by atoms with Crippen LogP contribution < -0.4 is 0 Å². The minimum Gasteiger partial charge on any atom is -0.342 e. The van der Waals surface area contributed by atoms with Crippen molar-refractivity contribution < 1.29 is 0 Å². The number of rotatable bonds is 3. The molecule has 0 fully saturated rings. The van der Waals surface area contributed by atoms with Gasteiger partial charge in [-0.1, -0.05) is 103 Å². The van der Waals surface area contributed by atoms with Gasteiger partial charge in [-0.15, -0.1) is 0 Å². The highest BCUT2D eigenvalue weighted by atomic mass is 15.2. The number of fused-ring (bicyclic) bond motifs is 3. The third-order valence-corrected chi connectivity index (χ3v) is 6.95. The number of nitrogens with zero attached hydrogens (tertiary/aromatic N) is 2. The zero-order valence-electron chi connectivity index (χ0n) is 19.6. The fourth-order valence-corrected chi connectivity index (χ4v) is 5.18. The molecule has 166 valence electrons. The molecule has 0 saturated carbocycles. The van der Waals surface area contributed by atoms with Crippen LogP contribution in [-0.4, -0.2) is 16.3 Å². The van der Waals surface area contributed by atoms with Crippen LogP contribution in [0, 0.1) is 0 Å². The van der Waals surface area contributed by atoms with Crippen molar-refractivity contribution in [3.63, 3.8) is 0 Å². The summed E-state index contributed by atoms with van der Waals surface area (Å²) in [6.07, 6.45) is 11.7. The summed E-state index contributed by atoms with van der Waals surface area (Å²) in [7, 11) is 0. The van der Waals surface area contributed by atoms with E-state index < -0.39 is 0 Å². The van der Waals surface area contributed by atoms with Crippen LogP contribution in [0.1, 0.15) is 42.1 Å². The molecule has 6 rings (SSSR count). The van der Waals surface area contributed by atoms with Gasteiger partial charge in [-0.25, -0.2) is 0 Å². The molecule has 3 aromatic rings. The summed E-state index contributed by atoms with van der Waals surface area (Å²) in [5.41, 5.74) is 11.5. The fraction of sp³-hybridized carbons (Fsp3) is 0.125. The van der Waals surface area contributed by atoms with Crippen molar-refractivity contribution in [1.29, 1.82) is 0 Å². The standard InChI is InChI=1S/C32H28N2/c1-23-17-18-33-22-32(28-16-10-9-15-27(28)31(33)19-23)34-21-29(25-11-5-3-6-12-25)24(2)20-30(34)26-13-7-4-8-14-26/h3-17,19-22,30H,18H2,1-2H3. The van der Waals surface area contributed by atoms with Gasteiger partial charge in [0.15, 0.2) is 0 Å². The Hall–Kier alpha value is -4.04. The van der Waals surface area contributed by atoms with Crippen LogP contribution in [-0.2, 0) is 0 Å². The second kappa shape index (κ2) is 8.39. The van der Waals surface area contributed by atoms with Crippen molar-refractivity contribution in [3.05, 3.63) is 149 Å². The highest BCUT2D eigenvalue weighted by Crippen LogP contribution is 2.44. The Morgan fingerprint density at radius 1 is 0.706 bits per heavy atom. The Morgan fingerprint density at radius 3 is 2.09 bits per heavy atom. The fourth-order valence-electron chi connectivity index (χ4n) is 5.18. The van der Waals surface area contributed by atoms with Gasteiger partial charge < -0.3 is 9.80 Å². The normalized spacial score (nSPS) is 19.2. The summed E-state index contributed by atoms with van der Waals surface area (Å²) in [6, 6.07) is 30.5. The van der Waals surface area contributed by atoms with Crippen molar-refractivity contribution in [3.8, 4) is 0 Å². The van der Waals surface area contributed by atoms with Gasteiger partial charge in [0.05, 0.1) is 11.7 Å². The first kappa shape index (κ1) is 20.6. The summed E-state index contributed by atoms with van der Waals surface area (Å²) in [4.78, 5) is 4.85. The van der Waals surface area contributed by atoms with Gasteiger partial charge >= 0.3 is 0 Å². The average molecular weight is 441 g/mol. The number of benzene rings is 3. The zero-order chi connectivity index (χ0) is 23.1. The van der Waals surface area contributed by atoms with Gasteiger partial charge in [-0.2, -0.15) is 0 Å². The molecular weight excluding hydrogens is 412 g/mol. The van der Waals surface area contributed by atoms with Crippen LogP contribution in [0.4, 0.5) is 0 Å². The summed E-state index contributed by atoms with van der Waals surface area (Å²) in [5.74, 6) is 0. The van der Waals surface area contributed by atoms with Crippen LogP contribution in [0.2, 0.25) is 0 Å². The summed E-state index contributed by atoms with van der Waals surface area (Å²) < 4.78 is 0. The van der Waals surface area contributed by atoms with E-state index in [0.717, 1.165) is 6.54 Å². The van der Waals surface area contributed by atoms with Gasteiger partial charge in [-0.05, 0) is 36.6 Å². The van der Waals surface area contributed by atoms with E-state index in [1.54, 1.807) is 0 Å². The summed E-state index contributed by atoms with van der Waals surface area (Å²) in [6.45, 7) is 5.31. The van der Waals surface area contributed by atoms with E-state index in [9.17, 15) is 0 Å². The van der Waals surface area contributed by atoms with Crippen molar-refractivity contribution in [2.75, 3.05) is 6.54 Å². The van der Waals surface area contributed by atoms with Gasteiger partial charge in [0.2, 0.25) is 0 Å². The maximum atomic E-state index is 2.46. The Morgan fingerprint density at radius 2 is 1.35 bits per heavy atom. The topological polar surface area (TPSA) is 6.48 Å². The Kier molecular flexibility index (Phi) is 5.07. The molecule has 0 amide bonds. The maximum Gasteiger partial charge on any atom is 0.0776 e. The predicted molar refractivity (Wildman–Crippen MR) is 142 cm³/mol. The first-order valence-corrected chi connectivity index (χ1v) is 11.9. The predicted octanol–water partition coefficient (Wildman–Crippen LogP) is 7.65.